The number of aromatic nitrogens is 3. The van der Waals surface area contributed by atoms with Gasteiger partial charge in [-0.3, -0.25) is 5.10 Å². The molecule has 0 atom stereocenters. The quantitative estimate of drug-likeness (QED) is 0.851. The largest absolute Gasteiger partial charge is 0.376 e. The van der Waals surface area contributed by atoms with Gasteiger partial charge in [-0.2, -0.15) is 5.10 Å². The van der Waals surface area contributed by atoms with Crippen molar-refractivity contribution in [3.63, 3.8) is 0 Å². The van der Waals surface area contributed by atoms with Gasteiger partial charge in [0.1, 0.15) is 4.60 Å². The lowest BCUT2D eigenvalue weighted by Crippen LogP contribution is -2.03. The molecule has 2 aromatic heterocycles. The zero-order valence-corrected chi connectivity index (χ0v) is 10.8. The number of nitrogens with one attached hydrogen (secondary N) is 2. The van der Waals surface area contributed by atoms with Crippen LogP contribution in [-0.4, -0.2) is 15.2 Å². The molecule has 0 fully saturated rings. The fourth-order valence-electron chi connectivity index (χ4n) is 1.54. The van der Waals surface area contributed by atoms with E-state index in [1.807, 2.05) is 32.0 Å². The van der Waals surface area contributed by atoms with E-state index in [9.17, 15) is 0 Å². The molecule has 84 valence electrons. The highest BCUT2D eigenvalue weighted by atomic mass is 79.9. The van der Waals surface area contributed by atoms with Crippen LogP contribution in [0.4, 0.5) is 5.69 Å². The SMILES string of the molecule is Cc1n[nH]c(C)c1NCc1cccc(Br)n1. The Balaban J connectivity index is 2.08. The van der Waals surface area contributed by atoms with Crippen LogP contribution in [0.25, 0.3) is 0 Å². The van der Waals surface area contributed by atoms with Crippen molar-refractivity contribution in [3.8, 4) is 0 Å². The van der Waals surface area contributed by atoms with Crippen LogP contribution in [0.1, 0.15) is 17.1 Å². The molecule has 2 aromatic rings. The van der Waals surface area contributed by atoms with Gasteiger partial charge in [-0.25, -0.2) is 4.98 Å². The van der Waals surface area contributed by atoms with Gasteiger partial charge in [0.25, 0.3) is 0 Å². The monoisotopic (exact) mass is 280 g/mol. The second-order valence-corrected chi connectivity index (χ2v) is 4.43. The Morgan fingerprint density at radius 1 is 1.38 bits per heavy atom. The average Bonchev–Trinajstić information content (AvgIpc) is 2.56. The Hall–Kier alpha value is -1.36. The Bertz CT molecular complexity index is 473. The number of halogens is 1. The van der Waals surface area contributed by atoms with E-state index in [1.165, 1.54) is 0 Å². The molecule has 2 N–H and O–H groups in total. The van der Waals surface area contributed by atoms with Crippen LogP contribution in [0, 0.1) is 13.8 Å². The van der Waals surface area contributed by atoms with Crippen LogP contribution in [0.2, 0.25) is 0 Å². The number of H-pyrrole nitrogens is 1. The number of rotatable bonds is 3. The van der Waals surface area contributed by atoms with Crippen LogP contribution in [0.15, 0.2) is 22.8 Å². The summed E-state index contributed by atoms with van der Waals surface area (Å²) in [5, 5.41) is 10.4. The predicted molar refractivity (Wildman–Crippen MR) is 67.3 cm³/mol. The summed E-state index contributed by atoms with van der Waals surface area (Å²) in [7, 11) is 0. The van der Waals surface area contributed by atoms with E-state index in [-0.39, 0.29) is 0 Å². The second-order valence-electron chi connectivity index (χ2n) is 3.61. The van der Waals surface area contributed by atoms with Crippen molar-refractivity contribution in [2.45, 2.75) is 20.4 Å². The Morgan fingerprint density at radius 2 is 2.19 bits per heavy atom. The maximum atomic E-state index is 4.36. The standard InChI is InChI=1S/C11H13BrN4/c1-7-11(8(2)16-15-7)13-6-9-4-3-5-10(12)14-9/h3-5,13H,6H2,1-2H3,(H,15,16). The van der Waals surface area contributed by atoms with Crippen LogP contribution in [0.3, 0.4) is 0 Å². The highest BCUT2D eigenvalue weighted by Gasteiger charge is 2.05. The summed E-state index contributed by atoms with van der Waals surface area (Å²) in [4.78, 5) is 4.36. The first-order valence-corrected chi connectivity index (χ1v) is 5.83. The van der Waals surface area contributed by atoms with E-state index >= 15 is 0 Å². The van der Waals surface area contributed by atoms with Crippen LogP contribution < -0.4 is 5.32 Å². The maximum Gasteiger partial charge on any atom is 0.106 e. The molecular formula is C11H13BrN4. The number of pyridine rings is 1. The summed E-state index contributed by atoms with van der Waals surface area (Å²) >= 11 is 3.35. The molecule has 0 aliphatic rings. The number of hydrogen-bond acceptors (Lipinski definition) is 3. The number of hydrogen-bond donors (Lipinski definition) is 2. The molecule has 0 aromatic carbocycles. The molecule has 2 rings (SSSR count). The summed E-state index contributed by atoms with van der Waals surface area (Å²) in [6.07, 6.45) is 0. The maximum absolute atomic E-state index is 4.36. The van der Waals surface area contributed by atoms with E-state index < -0.39 is 0 Å². The molecule has 0 unspecified atom stereocenters. The van der Waals surface area contributed by atoms with Gasteiger partial charge in [0.05, 0.1) is 29.3 Å². The third kappa shape index (κ3) is 2.41. The van der Waals surface area contributed by atoms with Gasteiger partial charge in [-0.1, -0.05) is 6.07 Å². The lowest BCUT2D eigenvalue weighted by molar-refractivity contribution is 1.02. The molecule has 5 heteroatoms. The van der Waals surface area contributed by atoms with Crippen LogP contribution in [0.5, 0.6) is 0 Å². The first-order valence-electron chi connectivity index (χ1n) is 5.03. The molecule has 4 nitrogen and oxygen atoms in total. The highest BCUT2D eigenvalue weighted by Crippen LogP contribution is 2.17. The number of aromatic amines is 1. The summed E-state index contributed by atoms with van der Waals surface area (Å²) in [5.41, 5.74) is 4.08. The normalized spacial score (nSPS) is 10.4. The minimum Gasteiger partial charge on any atom is -0.376 e. The number of aryl methyl sites for hydroxylation is 2. The van der Waals surface area contributed by atoms with Crippen molar-refractivity contribution in [2.24, 2.45) is 0 Å². The first-order chi connectivity index (χ1) is 7.66. The third-order valence-electron chi connectivity index (χ3n) is 2.35. The van der Waals surface area contributed by atoms with Crippen molar-refractivity contribution in [1.82, 2.24) is 15.2 Å². The summed E-state index contributed by atoms with van der Waals surface area (Å²) in [6, 6.07) is 5.88. The lowest BCUT2D eigenvalue weighted by Gasteiger charge is -2.05. The third-order valence-corrected chi connectivity index (χ3v) is 2.79. The Kier molecular flexibility index (Phi) is 3.24. The molecule has 2 heterocycles. The molecule has 0 radical (unpaired) electrons. The van der Waals surface area contributed by atoms with Crippen LogP contribution >= 0.6 is 15.9 Å². The fourth-order valence-corrected chi connectivity index (χ4v) is 1.92. The Labute approximate surface area is 103 Å². The smallest absolute Gasteiger partial charge is 0.106 e. The number of anilines is 1. The molecule has 16 heavy (non-hydrogen) atoms. The fraction of sp³-hybridized carbons (Fsp3) is 0.273. The molecule has 0 saturated carbocycles. The molecule has 0 aliphatic carbocycles. The number of nitrogens with zero attached hydrogens (tertiary/aromatic N) is 2. The van der Waals surface area contributed by atoms with Gasteiger partial charge in [0.2, 0.25) is 0 Å². The van der Waals surface area contributed by atoms with Crippen molar-refractivity contribution < 1.29 is 0 Å². The molecule has 0 aliphatic heterocycles. The van der Waals surface area contributed by atoms with Gasteiger partial charge in [0, 0.05) is 0 Å². The van der Waals surface area contributed by atoms with Gasteiger partial charge < -0.3 is 5.32 Å². The van der Waals surface area contributed by atoms with Gasteiger partial charge in [-0.05, 0) is 41.9 Å². The van der Waals surface area contributed by atoms with E-state index in [2.05, 4.69) is 36.4 Å². The van der Waals surface area contributed by atoms with Crippen molar-refractivity contribution in [2.75, 3.05) is 5.32 Å². The summed E-state index contributed by atoms with van der Waals surface area (Å²) in [6.45, 7) is 4.66. The van der Waals surface area contributed by atoms with Crippen molar-refractivity contribution >= 4 is 21.6 Å². The summed E-state index contributed by atoms with van der Waals surface area (Å²) in [5.74, 6) is 0. The zero-order valence-electron chi connectivity index (χ0n) is 9.21. The minimum absolute atomic E-state index is 0.695. The molecule has 0 spiro atoms. The van der Waals surface area contributed by atoms with E-state index in [1.54, 1.807) is 0 Å². The van der Waals surface area contributed by atoms with E-state index in [4.69, 9.17) is 0 Å². The molecule has 0 bridgehead atoms. The topological polar surface area (TPSA) is 53.6 Å². The molecular weight excluding hydrogens is 268 g/mol. The van der Waals surface area contributed by atoms with Gasteiger partial charge in [-0.15, -0.1) is 0 Å². The lowest BCUT2D eigenvalue weighted by atomic mass is 10.3. The zero-order chi connectivity index (χ0) is 11.5. The van der Waals surface area contributed by atoms with E-state index in [0.29, 0.717) is 6.54 Å². The molecule has 0 amide bonds. The van der Waals surface area contributed by atoms with E-state index in [0.717, 1.165) is 27.4 Å². The summed E-state index contributed by atoms with van der Waals surface area (Å²) < 4.78 is 0.854. The highest BCUT2D eigenvalue weighted by molar-refractivity contribution is 9.10. The first kappa shape index (κ1) is 11.1. The van der Waals surface area contributed by atoms with Gasteiger partial charge >= 0.3 is 0 Å². The predicted octanol–water partition coefficient (Wildman–Crippen LogP) is 2.80. The minimum atomic E-state index is 0.695. The molecule has 0 saturated heterocycles. The van der Waals surface area contributed by atoms with Crippen molar-refractivity contribution in [3.05, 3.63) is 39.9 Å². The average molecular weight is 281 g/mol. The van der Waals surface area contributed by atoms with Crippen molar-refractivity contribution in [1.29, 1.82) is 0 Å². The van der Waals surface area contributed by atoms with Gasteiger partial charge in [0.15, 0.2) is 0 Å². The Morgan fingerprint density at radius 3 is 2.81 bits per heavy atom. The van der Waals surface area contributed by atoms with Crippen LogP contribution in [-0.2, 0) is 6.54 Å². The second kappa shape index (κ2) is 4.65.